The smallest absolute Gasteiger partial charge is 0.406 e. The van der Waals surface area contributed by atoms with Crippen molar-refractivity contribution in [1.82, 2.24) is 0 Å². The second-order valence-electron chi connectivity index (χ2n) is 5.03. The van der Waals surface area contributed by atoms with Crippen LogP contribution in [0.5, 0.6) is 5.75 Å². The molecule has 0 radical (unpaired) electrons. The molecule has 0 aliphatic heterocycles. The monoisotopic (exact) mass is 289 g/mol. The minimum Gasteiger partial charge on any atom is -0.406 e. The van der Waals surface area contributed by atoms with Crippen molar-refractivity contribution in [3.05, 3.63) is 24.3 Å². The topological polar surface area (TPSA) is 41.5 Å². The molecule has 1 fully saturated rings. The first-order valence-electron chi connectivity index (χ1n) is 6.74. The molecule has 2 atom stereocenters. The van der Waals surface area contributed by atoms with Crippen LogP contribution in [0.3, 0.4) is 0 Å². The van der Waals surface area contributed by atoms with Gasteiger partial charge in [-0.25, -0.2) is 0 Å². The van der Waals surface area contributed by atoms with Crippen LogP contribution in [-0.2, 0) is 0 Å². The van der Waals surface area contributed by atoms with Gasteiger partial charge in [-0.2, -0.15) is 0 Å². The van der Waals surface area contributed by atoms with Crippen LogP contribution in [-0.4, -0.2) is 23.6 Å². The predicted molar refractivity (Wildman–Crippen MR) is 69.6 cm³/mol. The van der Waals surface area contributed by atoms with Crippen LogP contribution in [0.1, 0.15) is 32.1 Å². The Balaban J connectivity index is 1.96. The van der Waals surface area contributed by atoms with Crippen LogP contribution < -0.4 is 10.1 Å². The summed E-state index contributed by atoms with van der Waals surface area (Å²) in [6, 6.07) is 5.53. The van der Waals surface area contributed by atoms with Gasteiger partial charge in [-0.3, -0.25) is 0 Å². The summed E-state index contributed by atoms with van der Waals surface area (Å²) in [5, 5.41) is 13.2. The summed E-state index contributed by atoms with van der Waals surface area (Å²) >= 11 is 0. The third-order valence-electron chi connectivity index (χ3n) is 3.42. The molecule has 0 saturated heterocycles. The van der Waals surface area contributed by atoms with Gasteiger partial charge in [-0.1, -0.05) is 19.3 Å². The highest BCUT2D eigenvalue weighted by Gasteiger charge is 2.31. The summed E-state index contributed by atoms with van der Waals surface area (Å²) in [7, 11) is 0. The number of aliphatic hydroxyl groups is 1. The van der Waals surface area contributed by atoms with E-state index in [1.807, 2.05) is 0 Å². The summed E-state index contributed by atoms with van der Waals surface area (Å²) in [6.07, 6.45) is -0.306. The Bertz CT molecular complexity index is 419. The van der Waals surface area contributed by atoms with Gasteiger partial charge in [-0.05, 0) is 37.1 Å². The maximum Gasteiger partial charge on any atom is 0.573 e. The van der Waals surface area contributed by atoms with Gasteiger partial charge >= 0.3 is 6.36 Å². The highest BCUT2D eigenvalue weighted by atomic mass is 19.4. The summed E-state index contributed by atoms with van der Waals surface area (Å²) in [5.74, 6) is -0.246. The molecule has 6 heteroatoms. The fourth-order valence-electron chi connectivity index (χ4n) is 2.42. The van der Waals surface area contributed by atoms with Crippen LogP contribution in [0.25, 0.3) is 0 Å². The van der Waals surface area contributed by atoms with Gasteiger partial charge < -0.3 is 15.2 Å². The zero-order chi connectivity index (χ0) is 14.6. The van der Waals surface area contributed by atoms with E-state index in [9.17, 15) is 18.3 Å². The van der Waals surface area contributed by atoms with E-state index in [-0.39, 0.29) is 11.8 Å². The van der Waals surface area contributed by atoms with Gasteiger partial charge in [0.15, 0.2) is 0 Å². The molecule has 2 rings (SSSR count). The molecule has 3 nitrogen and oxygen atoms in total. The van der Waals surface area contributed by atoms with E-state index in [2.05, 4.69) is 10.1 Å². The molecule has 0 heterocycles. The van der Waals surface area contributed by atoms with E-state index in [4.69, 9.17) is 0 Å². The van der Waals surface area contributed by atoms with Crippen molar-refractivity contribution in [2.24, 2.45) is 0 Å². The maximum absolute atomic E-state index is 12.0. The largest absolute Gasteiger partial charge is 0.573 e. The van der Waals surface area contributed by atoms with E-state index in [1.165, 1.54) is 24.3 Å². The number of halogens is 3. The number of alkyl halides is 3. The second kappa shape index (κ2) is 6.35. The maximum atomic E-state index is 12.0. The van der Waals surface area contributed by atoms with Crippen LogP contribution in [0.4, 0.5) is 18.9 Å². The van der Waals surface area contributed by atoms with Crippen molar-refractivity contribution < 1.29 is 23.0 Å². The number of anilines is 1. The second-order valence-corrected chi connectivity index (χ2v) is 5.03. The van der Waals surface area contributed by atoms with Crippen molar-refractivity contribution in [2.75, 3.05) is 5.32 Å². The zero-order valence-corrected chi connectivity index (χ0v) is 11.0. The molecule has 1 aromatic carbocycles. The third kappa shape index (κ3) is 4.59. The number of hydrogen-bond donors (Lipinski definition) is 2. The molecule has 1 aliphatic carbocycles. The number of ether oxygens (including phenoxy) is 1. The fraction of sp³-hybridized carbons (Fsp3) is 0.571. The van der Waals surface area contributed by atoms with Crippen molar-refractivity contribution in [2.45, 2.75) is 50.6 Å². The number of aliphatic hydroxyl groups excluding tert-OH is 1. The number of benzene rings is 1. The summed E-state index contributed by atoms with van der Waals surface area (Å²) in [6.45, 7) is 0. The van der Waals surface area contributed by atoms with Gasteiger partial charge in [0.05, 0.1) is 12.1 Å². The summed E-state index contributed by atoms with van der Waals surface area (Å²) in [5.41, 5.74) is 0.686. The Morgan fingerprint density at radius 3 is 2.35 bits per heavy atom. The number of hydrogen-bond acceptors (Lipinski definition) is 3. The predicted octanol–water partition coefficient (Wildman–Crippen LogP) is 3.69. The van der Waals surface area contributed by atoms with Crippen molar-refractivity contribution in [3.8, 4) is 5.75 Å². The summed E-state index contributed by atoms with van der Waals surface area (Å²) in [4.78, 5) is 0. The van der Waals surface area contributed by atoms with Crippen LogP contribution in [0.2, 0.25) is 0 Å². The Labute approximate surface area is 115 Å². The molecule has 2 N–H and O–H groups in total. The molecule has 0 bridgehead atoms. The average molecular weight is 289 g/mol. The number of nitrogens with one attached hydrogen (secondary N) is 1. The third-order valence-corrected chi connectivity index (χ3v) is 3.42. The SMILES string of the molecule is OC1CCCCCC1Nc1ccc(OC(F)(F)F)cc1. The summed E-state index contributed by atoms with van der Waals surface area (Å²) < 4.78 is 39.9. The van der Waals surface area contributed by atoms with Crippen LogP contribution in [0, 0.1) is 0 Å². The first-order valence-corrected chi connectivity index (χ1v) is 6.74. The first kappa shape index (κ1) is 15.0. The molecule has 20 heavy (non-hydrogen) atoms. The zero-order valence-electron chi connectivity index (χ0n) is 11.0. The van der Waals surface area contributed by atoms with E-state index in [1.54, 1.807) is 0 Å². The van der Waals surface area contributed by atoms with E-state index < -0.39 is 12.5 Å². The molecular weight excluding hydrogens is 271 g/mol. The highest BCUT2D eigenvalue weighted by molar-refractivity contribution is 5.47. The lowest BCUT2D eigenvalue weighted by molar-refractivity contribution is -0.274. The van der Waals surface area contributed by atoms with Crippen molar-refractivity contribution in [3.63, 3.8) is 0 Å². The minimum atomic E-state index is -4.67. The first-order chi connectivity index (χ1) is 9.44. The number of rotatable bonds is 3. The van der Waals surface area contributed by atoms with Crippen LogP contribution >= 0.6 is 0 Å². The molecule has 0 aromatic heterocycles. The Kier molecular flexibility index (Phi) is 4.75. The molecule has 2 unspecified atom stereocenters. The average Bonchev–Trinajstić information content (AvgIpc) is 2.56. The van der Waals surface area contributed by atoms with E-state index >= 15 is 0 Å². The van der Waals surface area contributed by atoms with Crippen LogP contribution in [0.15, 0.2) is 24.3 Å². The highest BCUT2D eigenvalue weighted by Crippen LogP contribution is 2.26. The van der Waals surface area contributed by atoms with Gasteiger partial charge in [0.25, 0.3) is 0 Å². The fourth-order valence-corrected chi connectivity index (χ4v) is 2.42. The van der Waals surface area contributed by atoms with Gasteiger partial charge in [0, 0.05) is 5.69 Å². The molecule has 112 valence electrons. The van der Waals surface area contributed by atoms with E-state index in [0.29, 0.717) is 5.69 Å². The normalized spacial score (nSPS) is 24.0. The lowest BCUT2D eigenvalue weighted by Gasteiger charge is -2.23. The molecule has 0 amide bonds. The lowest BCUT2D eigenvalue weighted by atomic mass is 10.1. The Morgan fingerprint density at radius 1 is 1.05 bits per heavy atom. The standard InChI is InChI=1S/C14H18F3NO2/c15-14(16,17)20-11-8-6-10(7-9-11)18-12-4-2-1-3-5-13(12)19/h6-9,12-13,18-19H,1-5H2. The molecule has 0 spiro atoms. The quantitative estimate of drug-likeness (QED) is 0.834. The van der Waals surface area contributed by atoms with Gasteiger partial charge in [-0.15, -0.1) is 13.2 Å². The van der Waals surface area contributed by atoms with Gasteiger partial charge in [0.2, 0.25) is 0 Å². The van der Waals surface area contributed by atoms with Crippen molar-refractivity contribution >= 4 is 5.69 Å². The molecule has 1 aliphatic rings. The molecule has 1 saturated carbocycles. The van der Waals surface area contributed by atoms with Crippen molar-refractivity contribution in [1.29, 1.82) is 0 Å². The lowest BCUT2D eigenvalue weighted by Crippen LogP contribution is -2.32. The van der Waals surface area contributed by atoms with E-state index in [0.717, 1.165) is 32.1 Å². The van der Waals surface area contributed by atoms with Gasteiger partial charge in [0.1, 0.15) is 5.75 Å². The Hall–Kier alpha value is -1.43. The minimum absolute atomic E-state index is 0.0492. The molecule has 1 aromatic rings. The molecular formula is C14H18F3NO2. The Morgan fingerprint density at radius 2 is 1.70 bits per heavy atom.